The van der Waals surface area contributed by atoms with Crippen molar-refractivity contribution in [2.75, 3.05) is 51.4 Å². The lowest BCUT2D eigenvalue weighted by Gasteiger charge is -2.37. The number of carbonyl (C=O) groups is 1. The fourth-order valence-corrected chi connectivity index (χ4v) is 4.83. The number of methoxy groups -OCH3 is 1. The molecule has 1 amide bonds. The number of carbonyl (C=O) groups excluding carboxylic acids is 1. The van der Waals surface area contributed by atoms with Gasteiger partial charge in [-0.15, -0.1) is 0 Å². The summed E-state index contributed by atoms with van der Waals surface area (Å²) in [6.45, 7) is 3.89. The lowest BCUT2D eigenvalue weighted by atomic mass is 10.1. The molecule has 9 heteroatoms. The number of benzene rings is 2. The molecule has 36 heavy (non-hydrogen) atoms. The van der Waals surface area contributed by atoms with Crippen LogP contribution in [0.25, 0.3) is 27.8 Å². The minimum atomic E-state index is -0.609. The predicted molar refractivity (Wildman–Crippen MR) is 139 cm³/mol. The fraction of sp³-hybridized carbons (Fsp3) is 0.370. The van der Waals surface area contributed by atoms with Crippen LogP contribution in [0.4, 0.5) is 5.69 Å². The van der Waals surface area contributed by atoms with Crippen molar-refractivity contribution in [3.8, 4) is 11.6 Å². The van der Waals surface area contributed by atoms with Gasteiger partial charge in [0.2, 0.25) is 5.91 Å². The number of imidazole rings is 1. The SMILES string of the molecule is COCCOc1ccc2c(c1)ncn2-c1ccc2cccc(N3CCN(C(=O)C4(N)CC4)CC3)c2n1. The van der Waals surface area contributed by atoms with Gasteiger partial charge in [-0.05, 0) is 43.2 Å². The number of aromatic nitrogens is 3. The van der Waals surface area contributed by atoms with Crippen LogP contribution in [0.3, 0.4) is 0 Å². The van der Waals surface area contributed by atoms with Crippen LogP contribution >= 0.6 is 0 Å². The van der Waals surface area contributed by atoms with Crippen molar-refractivity contribution in [1.82, 2.24) is 19.4 Å². The van der Waals surface area contributed by atoms with Gasteiger partial charge in [-0.1, -0.05) is 12.1 Å². The first-order valence-corrected chi connectivity index (χ1v) is 12.4. The topological polar surface area (TPSA) is 98.7 Å². The molecule has 1 aliphatic carbocycles. The summed E-state index contributed by atoms with van der Waals surface area (Å²) in [7, 11) is 1.65. The normalized spacial score (nSPS) is 17.1. The second kappa shape index (κ2) is 9.07. The molecule has 2 N–H and O–H groups in total. The van der Waals surface area contributed by atoms with E-state index in [1.807, 2.05) is 33.7 Å². The van der Waals surface area contributed by atoms with Crippen molar-refractivity contribution in [2.24, 2.45) is 5.73 Å². The summed E-state index contributed by atoms with van der Waals surface area (Å²) in [6.07, 6.45) is 3.39. The van der Waals surface area contributed by atoms with Crippen LogP contribution in [0.1, 0.15) is 12.8 Å². The lowest BCUT2D eigenvalue weighted by molar-refractivity contribution is -0.133. The summed E-state index contributed by atoms with van der Waals surface area (Å²) in [5.74, 6) is 1.66. The third kappa shape index (κ3) is 4.14. The van der Waals surface area contributed by atoms with E-state index < -0.39 is 5.54 Å². The molecule has 1 saturated carbocycles. The van der Waals surface area contributed by atoms with E-state index >= 15 is 0 Å². The molecule has 3 heterocycles. The maximum Gasteiger partial charge on any atom is 0.242 e. The van der Waals surface area contributed by atoms with Crippen LogP contribution in [-0.4, -0.2) is 77.4 Å². The first-order chi connectivity index (χ1) is 17.6. The summed E-state index contributed by atoms with van der Waals surface area (Å²) in [5, 5.41) is 1.08. The predicted octanol–water partition coefficient (Wildman–Crippen LogP) is 2.74. The highest BCUT2D eigenvalue weighted by atomic mass is 16.5. The summed E-state index contributed by atoms with van der Waals surface area (Å²) >= 11 is 0. The first-order valence-electron chi connectivity index (χ1n) is 12.4. The number of rotatable bonds is 7. The zero-order valence-electron chi connectivity index (χ0n) is 20.4. The van der Waals surface area contributed by atoms with Gasteiger partial charge in [0.25, 0.3) is 0 Å². The molecule has 6 rings (SSSR count). The van der Waals surface area contributed by atoms with E-state index in [9.17, 15) is 4.79 Å². The molecule has 0 unspecified atom stereocenters. The largest absolute Gasteiger partial charge is 0.491 e. The van der Waals surface area contributed by atoms with Crippen LogP contribution in [0.15, 0.2) is 54.9 Å². The van der Waals surface area contributed by atoms with Crippen LogP contribution in [0.5, 0.6) is 5.75 Å². The van der Waals surface area contributed by atoms with Gasteiger partial charge < -0.3 is 25.0 Å². The Labute approximate surface area is 209 Å². The van der Waals surface area contributed by atoms with Gasteiger partial charge in [0.05, 0.1) is 34.4 Å². The monoisotopic (exact) mass is 486 g/mol. The third-order valence-corrected chi connectivity index (χ3v) is 7.13. The van der Waals surface area contributed by atoms with Crippen molar-refractivity contribution in [3.05, 3.63) is 54.9 Å². The molecular weight excluding hydrogens is 456 g/mol. The molecule has 2 fully saturated rings. The van der Waals surface area contributed by atoms with Crippen molar-refractivity contribution < 1.29 is 14.3 Å². The zero-order valence-corrected chi connectivity index (χ0v) is 20.4. The van der Waals surface area contributed by atoms with E-state index in [4.69, 9.17) is 20.2 Å². The van der Waals surface area contributed by atoms with E-state index in [0.29, 0.717) is 26.3 Å². The maximum atomic E-state index is 12.7. The highest BCUT2D eigenvalue weighted by Crippen LogP contribution is 2.35. The zero-order chi connectivity index (χ0) is 24.7. The van der Waals surface area contributed by atoms with Crippen molar-refractivity contribution in [1.29, 1.82) is 0 Å². The number of fused-ring (bicyclic) bond motifs is 2. The number of nitrogens with two attached hydrogens (primary N) is 1. The number of para-hydroxylation sites is 1. The molecule has 2 aliphatic rings. The van der Waals surface area contributed by atoms with Gasteiger partial charge in [0.1, 0.15) is 24.5 Å². The van der Waals surface area contributed by atoms with Crippen LogP contribution < -0.4 is 15.4 Å². The maximum absolute atomic E-state index is 12.7. The van der Waals surface area contributed by atoms with Crippen LogP contribution in [0.2, 0.25) is 0 Å². The standard InChI is InChI=1S/C27H30N6O3/c1-35-15-16-36-20-6-7-22-21(17-20)29-18-33(22)24-8-5-19-3-2-4-23(25(19)30-24)31-11-13-32(14-12-31)26(34)27(28)9-10-27/h2-8,17-18H,9-16,28H2,1H3. The number of anilines is 1. The van der Waals surface area contributed by atoms with Gasteiger partial charge in [0.15, 0.2) is 0 Å². The van der Waals surface area contributed by atoms with Gasteiger partial charge >= 0.3 is 0 Å². The number of ether oxygens (including phenoxy) is 2. The van der Waals surface area contributed by atoms with Gasteiger partial charge in [-0.25, -0.2) is 9.97 Å². The molecule has 2 aromatic heterocycles. The highest BCUT2D eigenvalue weighted by molar-refractivity contribution is 5.92. The number of amides is 1. The number of pyridine rings is 1. The molecule has 0 atom stereocenters. The minimum absolute atomic E-state index is 0.0970. The molecule has 0 spiro atoms. The molecule has 1 saturated heterocycles. The number of piperazine rings is 1. The molecule has 0 radical (unpaired) electrons. The van der Waals surface area contributed by atoms with E-state index in [1.54, 1.807) is 13.4 Å². The smallest absolute Gasteiger partial charge is 0.242 e. The fourth-order valence-electron chi connectivity index (χ4n) is 4.83. The summed E-state index contributed by atoms with van der Waals surface area (Å²) in [5.41, 5.74) is 9.35. The third-order valence-electron chi connectivity index (χ3n) is 7.13. The summed E-state index contributed by atoms with van der Waals surface area (Å²) < 4.78 is 12.8. The average Bonchev–Trinajstić information content (AvgIpc) is 3.53. The van der Waals surface area contributed by atoms with Gasteiger partial charge in [-0.2, -0.15) is 0 Å². The number of nitrogens with zero attached hydrogens (tertiary/aromatic N) is 5. The Morgan fingerprint density at radius 3 is 2.67 bits per heavy atom. The second-order valence-electron chi connectivity index (χ2n) is 9.56. The number of hydrogen-bond donors (Lipinski definition) is 1. The molecular formula is C27H30N6O3. The lowest BCUT2D eigenvalue weighted by Crippen LogP contribution is -2.54. The van der Waals surface area contributed by atoms with Gasteiger partial charge in [-0.3, -0.25) is 9.36 Å². The van der Waals surface area contributed by atoms with E-state index in [2.05, 4.69) is 34.1 Å². The Kier molecular flexibility index (Phi) is 5.73. The van der Waals surface area contributed by atoms with Crippen molar-refractivity contribution >= 4 is 33.5 Å². The Balaban J connectivity index is 1.26. The second-order valence-corrected chi connectivity index (χ2v) is 9.56. The number of hydrogen-bond acceptors (Lipinski definition) is 7. The Bertz CT molecular complexity index is 1420. The van der Waals surface area contributed by atoms with Gasteiger partial charge in [0, 0.05) is 44.7 Å². The summed E-state index contributed by atoms with van der Waals surface area (Å²) in [6, 6.07) is 16.2. The molecule has 0 bridgehead atoms. The molecule has 4 aromatic rings. The molecule has 2 aromatic carbocycles. The van der Waals surface area contributed by atoms with E-state index in [0.717, 1.165) is 65.1 Å². The Morgan fingerprint density at radius 2 is 1.89 bits per heavy atom. The minimum Gasteiger partial charge on any atom is -0.491 e. The molecule has 9 nitrogen and oxygen atoms in total. The van der Waals surface area contributed by atoms with E-state index in [1.165, 1.54) is 0 Å². The summed E-state index contributed by atoms with van der Waals surface area (Å²) in [4.78, 5) is 26.5. The average molecular weight is 487 g/mol. The quantitative estimate of drug-likeness (QED) is 0.401. The van der Waals surface area contributed by atoms with Crippen molar-refractivity contribution in [3.63, 3.8) is 0 Å². The Morgan fingerprint density at radius 1 is 1.06 bits per heavy atom. The Hall–Kier alpha value is -3.69. The molecule has 186 valence electrons. The van der Waals surface area contributed by atoms with Crippen molar-refractivity contribution in [2.45, 2.75) is 18.4 Å². The van der Waals surface area contributed by atoms with E-state index in [-0.39, 0.29) is 5.91 Å². The first kappa shape index (κ1) is 22.8. The van der Waals surface area contributed by atoms with Crippen LogP contribution in [-0.2, 0) is 9.53 Å². The van der Waals surface area contributed by atoms with Crippen LogP contribution in [0, 0.1) is 0 Å². The highest BCUT2D eigenvalue weighted by Gasteiger charge is 2.48. The molecule has 1 aliphatic heterocycles.